The summed E-state index contributed by atoms with van der Waals surface area (Å²) in [5.74, 6) is 5.71. The molecule has 0 bridgehead atoms. The van der Waals surface area contributed by atoms with E-state index < -0.39 is 18.6 Å². The van der Waals surface area contributed by atoms with E-state index in [-0.39, 0.29) is 18.3 Å². The first-order valence-electron chi connectivity index (χ1n) is 14.6. The molecule has 1 spiro atoms. The van der Waals surface area contributed by atoms with Crippen molar-refractivity contribution in [3.63, 3.8) is 0 Å². The Labute approximate surface area is 248 Å². The Morgan fingerprint density at radius 2 is 1.88 bits per heavy atom. The number of anilines is 2. The Hall–Kier alpha value is -3.88. The summed E-state index contributed by atoms with van der Waals surface area (Å²) in [6.45, 7) is 3.07. The van der Waals surface area contributed by atoms with Crippen LogP contribution in [-0.4, -0.2) is 73.6 Å². The van der Waals surface area contributed by atoms with Gasteiger partial charge < -0.3 is 30.4 Å². The first kappa shape index (κ1) is 29.2. The topological polar surface area (TPSA) is 93.8 Å². The number of alkyl halides is 3. The number of rotatable bonds is 8. The van der Waals surface area contributed by atoms with Crippen molar-refractivity contribution in [3.8, 4) is 17.6 Å². The number of hydrogen-bond donors (Lipinski definition) is 3. The van der Waals surface area contributed by atoms with Gasteiger partial charge in [0.05, 0.1) is 43.8 Å². The van der Waals surface area contributed by atoms with E-state index in [2.05, 4.69) is 27.4 Å². The second-order valence-corrected chi connectivity index (χ2v) is 12.0. The third-order valence-electron chi connectivity index (χ3n) is 8.82. The summed E-state index contributed by atoms with van der Waals surface area (Å²) in [6.07, 6.45) is -0.142. The number of nitrogens with two attached hydrogens (primary N) is 1. The van der Waals surface area contributed by atoms with Crippen LogP contribution in [0.5, 0.6) is 5.75 Å². The number of nitrogens with one attached hydrogen (secondary N) is 2. The summed E-state index contributed by atoms with van der Waals surface area (Å²) in [5, 5.41) is 7.46. The number of likely N-dealkylation sites (tertiary alicyclic amines) is 1. The first-order valence-corrected chi connectivity index (χ1v) is 14.6. The smallest absolute Gasteiger partial charge is 0.406 e. The number of primary amides is 1. The van der Waals surface area contributed by atoms with Crippen LogP contribution in [0.25, 0.3) is 10.9 Å². The van der Waals surface area contributed by atoms with Gasteiger partial charge in [-0.25, -0.2) is 0 Å². The van der Waals surface area contributed by atoms with Gasteiger partial charge in [-0.05, 0) is 68.0 Å². The molecule has 11 heteroatoms. The molecule has 0 atom stereocenters. The van der Waals surface area contributed by atoms with Gasteiger partial charge >= 0.3 is 6.18 Å². The molecule has 3 aliphatic rings. The number of methoxy groups -OCH3 is 1. The van der Waals surface area contributed by atoms with Gasteiger partial charge in [-0.2, -0.15) is 13.2 Å². The van der Waals surface area contributed by atoms with Crippen molar-refractivity contribution in [2.45, 2.75) is 50.5 Å². The van der Waals surface area contributed by atoms with E-state index >= 15 is 0 Å². The lowest BCUT2D eigenvalue weighted by atomic mass is 9.75. The van der Waals surface area contributed by atoms with Crippen LogP contribution >= 0.6 is 0 Å². The molecule has 0 radical (unpaired) electrons. The molecule has 1 amide bonds. The number of carbonyl (C=O) groups is 1. The molecule has 1 aromatic heterocycles. The van der Waals surface area contributed by atoms with Gasteiger partial charge in [0.25, 0.3) is 0 Å². The number of benzene rings is 2. The van der Waals surface area contributed by atoms with Crippen molar-refractivity contribution in [1.29, 1.82) is 0 Å². The minimum Gasteiger partial charge on any atom is -0.495 e. The van der Waals surface area contributed by atoms with Crippen molar-refractivity contribution in [2.24, 2.45) is 11.1 Å². The molecular formula is C32H36F3N5O3. The van der Waals surface area contributed by atoms with Crippen LogP contribution in [0.3, 0.4) is 0 Å². The summed E-state index contributed by atoms with van der Waals surface area (Å²) >= 11 is 0. The number of halogens is 3. The second kappa shape index (κ2) is 11.7. The third kappa shape index (κ3) is 6.26. The zero-order valence-corrected chi connectivity index (χ0v) is 24.1. The number of carbonyl (C=O) groups excluding carboxylic acids is 1. The standard InChI is InChI=1S/C32H36F3N5O3/c1-42-29-14-21(30(36)41)7-12-27(29)37-13-3-4-24-15-25-26(5-2-6-28(25)40(24)18-32(33,34)35)38-22-8-10-23(11-9-22)39-16-31(17-39)19-43-20-31/h2,5-7,12,14-15,22-23,37-38H,8-11,13,16-20H2,1H3,(H2,36,41)/t22-,23-. The molecule has 43 heavy (non-hydrogen) atoms. The maximum absolute atomic E-state index is 13.6. The highest BCUT2D eigenvalue weighted by Gasteiger charge is 2.50. The lowest BCUT2D eigenvalue weighted by Gasteiger charge is -2.58. The van der Waals surface area contributed by atoms with Gasteiger partial charge in [-0.3, -0.25) is 9.69 Å². The summed E-state index contributed by atoms with van der Waals surface area (Å²) < 4.78 is 52.9. The molecule has 2 aromatic carbocycles. The highest BCUT2D eigenvalue weighted by molar-refractivity contribution is 5.94. The highest BCUT2D eigenvalue weighted by Crippen LogP contribution is 2.41. The van der Waals surface area contributed by atoms with Gasteiger partial charge in [0, 0.05) is 47.2 Å². The van der Waals surface area contributed by atoms with Crippen molar-refractivity contribution in [2.75, 3.05) is 50.6 Å². The van der Waals surface area contributed by atoms with Crippen LogP contribution in [0.2, 0.25) is 0 Å². The average molecular weight is 596 g/mol. The molecule has 3 fully saturated rings. The number of nitrogens with zero attached hydrogens (tertiary/aromatic N) is 2. The lowest BCUT2D eigenvalue weighted by Crippen LogP contribution is -2.68. The number of fused-ring (bicyclic) bond motifs is 1. The molecule has 3 aromatic rings. The SMILES string of the molecule is COc1cc(C(N)=O)ccc1NCC#Cc1cc2c(N[C@H]3CC[C@H](N4CC5(COC5)C4)CC3)cccc2n1CC(F)(F)F. The third-order valence-corrected chi connectivity index (χ3v) is 8.82. The Kier molecular flexibility index (Phi) is 7.92. The summed E-state index contributed by atoms with van der Waals surface area (Å²) in [6, 6.07) is 12.8. The van der Waals surface area contributed by atoms with E-state index in [1.54, 1.807) is 30.3 Å². The fourth-order valence-electron chi connectivity index (χ4n) is 6.58. The molecule has 2 saturated heterocycles. The van der Waals surface area contributed by atoms with Crippen molar-refractivity contribution >= 4 is 28.2 Å². The zero-order valence-electron chi connectivity index (χ0n) is 24.1. The quantitative estimate of drug-likeness (QED) is 0.323. The highest BCUT2D eigenvalue weighted by atomic mass is 19.4. The van der Waals surface area contributed by atoms with Crippen LogP contribution in [0.15, 0.2) is 42.5 Å². The fourth-order valence-corrected chi connectivity index (χ4v) is 6.58. The predicted octanol–water partition coefficient (Wildman–Crippen LogP) is 4.83. The van der Waals surface area contributed by atoms with Crippen LogP contribution in [0.4, 0.5) is 24.5 Å². The van der Waals surface area contributed by atoms with E-state index in [1.165, 1.54) is 17.7 Å². The van der Waals surface area contributed by atoms with Crippen LogP contribution < -0.4 is 21.1 Å². The van der Waals surface area contributed by atoms with Gasteiger partial charge in [-0.1, -0.05) is 12.0 Å². The lowest BCUT2D eigenvalue weighted by molar-refractivity contribution is -0.200. The Balaban J connectivity index is 1.15. The fraction of sp³-hybridized carbons (Fsp3) is 0.469. The predicted molar refractivity (Wildman–Crippen MR) is 159 cm³/mol. The van der Waals surface area contributed by atoms with Gasteiger partial charge in [-0.15, -0.1) is 0 Å². The summed E-state index contributed by atoms with van der Waals surface area (Å²) in [4.78, 5) is 14.0. The monoisotopic (exact) mass is 595 g/mol. The Bertz CT molecular complexity index is 1550. The number of aromatic nitrogens is 1. The molecular weight excluding hydrogens is 559 g/mol. The molecule has 228 valence electrons. The maximum atomic E-state index is 13.6. The average Bonchev–Trinajstić information content (AvgIpc) is 3.27. The van der Waals surface area contributed by atoms with E-state index in [4.69, 9.17) is 15.2 Å². The number of amides is 1. The molecule has 1 aliphatic carbocycles. The molecule has 3 heterocycles. The van der Waals surface area contributed by atoms with Crippen molar-refractivity contribution < 1.29 is 27.4 Å². The molecule has 4 N–H and O–H groups in total. The second-order valence-electron chi connectivity index (χ2n) is 12.0. The van der Waals surface area contributed by atoms with Gasteiger partial charge in [0.1, 0.15) is 12.3 Å². The van der Waals surface area contributed by atoms with Crippen LogP contribution in [0.1, 0.15) is 41.7 Å². The molecule has 2 aliphatic heterocycles. The van der Waals surface area contributed by atoms with E-state index in [1.807, 2.05) is 6.07 Å². The van der Waals surface area contributed by atoms with Crippen LogP contribution in [-0.2, 0) is 11.3 Å². The van der Waals surface area contributed by atoms with E-state index in [9.17, 15) is 18.0 Å². The number of hydrogen-bond acceptors (Lipinski definition) is 6. The zero-order chi connectivity index (χ0) is 30.2. The van der Waals surface area contributed by atoms with Crippen molar-refractivity contribution in [3.05, 3.63) is 53.7 Å². The largest absolute Gasteiger partial charge is 0.495 e. The van der Waals surface area contributed by atoms with Crippen molar-refractivity contribution in [1.82, 2.24) is 9.47 Å². The first-order chi connectivity index (χ1) is 20.6. The maximum Gasteiger partial charge on any atom is 0.406 e. The molecule has 0 unspecified atom stereocenters. The molecule has 1 saturated carbocycles. The van der Waals surface area contributed by atoms with Gasteiger partial charge in [0.15, 0.2) is 0 Å². The minimum absolute atomic E-state index is 0.152. The normalized spacial score (nSPS) is 21.4. The molecule has 8 nitrogen and oxygen atoms in total. The Morgan fingerprint density at radius 3 is 2.53 bits per heavy atom. The minimum atomic E-state index is -4.40. The molecule has 6 rings (SSSR count). The Morgan fingerprint density at radius 1 is 1.12 bits per heavy atom. The summed E-state index contributed by atoms with van der Waals surface area (Å²) in [7, 11) is 1.47. The summed E-state index contributed by atoms with van der Waals surface area (Å²) in [5.41, 5.74) is 8.25. The number of ether oxygens (including phenoxy) is 2. The van der Waals surface area contributed by atoms with E-state index in [0.717, 1.165) is 63.1 Å². The van der Waals surface area contributed by atoms with Crippen LogP contribution in [0, 0.1) is 17.3 Å². The van der Waals surface area contributed by atoms with E-state index in [0.29, 0.717) is 34.0 Å². The van der Waals surface area contributed by atoms with Gasteiger partial charge in [0.2, 0.25) is 5.91 Å².